The molecule has 0 bridgehead atoms. The summed E-state index contributed by atoms with van der Waals surface area (Å²) in [5.41, 5.74) is 1.05. The highest BCUT2D eigenvalue weighted by Crippen LogP contribution is 2.30. The minimum absolute atomic E-state index is 0.0501. The Labute approximate surface area is 270 Å². The Bertz CT molecular complexity index is 1480. The average molecular weight is 633 g/mol. The molecule has 0 aliphatic carbocycles. The number of carbonyl (C=O) groups excluding carboxylic acids is 3. The van der Waals surface area contributed by atoms with Crippen molar-refractivity contribution in [3.8, 4) is 17.2 Å². The summed E-state index contributed by atoms with van der Waals surface area (Å²) < 4.78 is 16.7. The zero-order chi connectivity index (χ0) is 33.7. The van der Waals surface area contributed by atoms with Crippen LogP contribution in [0, 0.1) is 5.41 Å². The Morgan fingerprint density at radius 1 is 0.826 bits per heavy atom. The van der Waals surface area contributed by atoms with Crippen LogP contribution in [0.3, 0.4) is 0 Å². The number of hydrogen-bond acceptors (Lipinski definition) is 7. The van der Waals surface area contributed by atoms with E-state index in [0.717, 1.165) is 12.8 Å². The van der Waals surface area contributed by atoms with E-state index >= 15 is 0 Å². The highest BCUT2D eigenvalue weighted by Gasteiger charge is 2.24. The van der Waals surface area contributed by atoms with Gasteiger partial charge in [0.2, 0.25) is 5.91 Å². The van der Waals surface area contributed by atoms with Gasteiger partial charge in [-0.15, -0.1) is 0 Å². The van der Waals surface area contributed by atoms with Crippen LogP contribution in [0.1, 0.15) is 86.1 Å². The van der Waals surface area contributed by atoms with Gasteiger partial charge in [-0.1, -0.05) is 59.4 Å². The quantitative estimate of drug-likeness (QED) is 0.0903. The van der Waals surface area contributed by atoms with E-state index in [1.165, 1.54) is 44.6 Å². The lowest BCUT2D eigenvalue weighted by atomic mass is 9.95. The minimum Gasteiger partial charge on any atom is -0.494 e. The molecule has 0 aliphatic rings. The van der Waals surface area contributed by atoms with Crippen molar-refractivity contribution in [2.75, 3.05) is 19.0 Å². The fourth-order valence-electron chi connectivity index (χ4n) is 4.37. The number of nitrogens with one attached hydrogen (secondary N) is 2. The molecule has 0 aromatic heterocycles. The number of unbranched alkanes of at least 4 members (excludes halogenated alkanes) is 4. The van der Waals surface area contributed by atoms with E-state index in [2.05, 4.69) is 17.6 Å². The summed E-state index contributed by atoms with van der Waals surface area (Å²) in [7, 11) is 1.41. The van der Waals surface area contributed by atoms with Gasteiger partial charge >= 0.3 is 11.9 Å². The van der Waals surface area contributed by atoms with Crippen LogP contribution in [0.25, 0.3) is 0 Å². The molecular weight excluding hydrogens is 588 g/mol. The summed E-state index contributed by atoms with van der Waals surface area (Å²) in [5, 5.41) is 15.1. The first-order valence-electron chi connectivity index (χ1n) is 15.5. The largest absolute Gasteiger partial charge is 0.494 e. The molecule has 10 nitrogen and oxygen atoms in total. The first kappa shape index (κ1) is 35.6. The number of esters is 1. The van der Waals surface area contributed by atoms with Gasteiger partial charge in [-0.05, 0) is 72.6 Å². The maximum absolute atomic E-state index is 12.8. The molecule has 2 amide bonds. The van der Waals surface area contributed by atoms with Crippen molar-refractivity contribution in [1.82, 2.24) is 5.32 Å². The van der Waals surface area contributed by atoms with Crippen LogP contribution in [0.2, 0.25) is 0 Å². The molecule has 0 heterocycles. The van der Waals surface area contributed by atoms with E-state index in [0.29, 0.717) is 29.2 Å². The Morgan fingerprint density at radius 2 is 1.48 bits per heavy atom. The Kier molecular flexibility index (Phi) is 13.2. The topological polar surface area (TPSA) is 140 Å². The summed E-state index contributed by atoms with van der Waals surface area (Å²) in [6, 6.07) is 16.3. The van der Waals surface area contributed by atoms with E-state index in [-0.39, 0.29) is 29.4 Å². The number of aliphatic carboxylic acids is 1. The molecule has 3 aromatic rings. The summed E-state index contributed by atoms with van der Waals surface area (Å²) in [6.07, 6.45) is 5.67. The molecule has 3 N–H and O–H groups in total. The monoisotopic (exact) mass is 632 g/mol. The molecule has 0 spiro atoms. The molecule has 0 radical (unpaired) electrons. The second kappa shape index (κ2) is 17.0. The van der Waals surface area contributed by atoms with Crippen molar-refractivity contribution in [3.05, 3.63) is 83.4 Å². The van der Waals surface area contributed by atoms with Crippen molar-refractivity contribution < 1.29 is 38.5 Å². The summed E-state index contributed by atoms with van der Waals surface area (Å²) in [5.74, 6) is -1.49. The van der Waals surface area contributed by atoms with Crippen molar-refractivity contribution in [2.45, 2.75) is 72.3 Å². The van der Waals surface area contributed by atoms with E-state index in [9.17, 15) is 24.3 Å². The molecule has 0 saturated heterocycles. The summed E-state index contributed by atoms with van der Waals surface area (Å²) in [4.78, 5) is 49.9. The molecular formula is C36H44N2O8. The van der Waals surface area contributed by atoms with Gasteiger partial charge < -0.3 is 30.0 Å². The number of amides is 2. The lowest BCUT2D eigenvalue weighted by Gasteiger charge is -2.18. The lowest BCUT2D eigenvalue weighted by molar-refractivity contribution is -0.139. The van der Waals surface area contributed by atoms with E-state index < -0.39 is 29.3 Å². The fourth-order valence-corrected chi connectivity index (χ4v) is 4.37. The van der Waals surface area contributed by atoms with Gasteiger partial charge in [-0.25, -0.2) is 9.59 Å². The predicted octanol–water partition coefficient (Wildman–Crippen LogP) is 6.67. The predicted molar refractivity (Wildman–Crippen MR) is 176 cm³/mol. The Hall–Kier alpha value is -4.86. The van der Waals surface area contributed by atoms with Crippen LogP contribution in [0.5, 0.6) is 17.2 Å². The maximum atomic E-state index is 12.8. The second-order valence-electron chi connectivity index (χ2n) is 12.0. The van der Waals surface area contributed by atoms with Gasteiger partial charge in [0.25, 0.3) is 5.91 Å². The summed E-state index contributed by atoms with van der Waals surface area (Å²) in [6.45, 7) is 8.17. The normalized spacial score (nSPS) is 11.7. The molecule has 1 atom stereocenters. The van der Waals surface area contributed by atoms with Crippen molar-refractivity contribution in [1.29, 1.82) is 0 Å². The zero-order valence-electron chi connectivity index (χ0n) is 27.2. The standard InChI is InChI=1S/C36H44N2O8/c1-6-7-8-9-10-21-45-28-18-14-26(15-19-28)34(42)46-30-20-11-24(23-31(30)44-5)22-29(33(40)41)38-32(39)25-12-16-27(17-13-25)37-35(43)36(2,3)4/h11-20,23,29H,6-10,21-22H2,1-5H3,(H,37,43)(H,38,39)(H,40,41). The van der Waals surface area contributed by atoms with Crippen LogP contribution in [0.15, 0.2) is 66.7 Å². The zero-order valence-corrected chi connectivity index (χ0v) is 27.2. The van der Waals surface area contributed by atoms with Crippen molar-refractivity contribution >= 4 is 29.4 Å². The number of carboxylic acid groups (broad SMARTS) is 1. The number of rotatable bonds is 16. The third kappa shape index (κ3) is 10.9. The average Bonchev–Trinajstić information content (AvgIpc) is 3.03. The van der Waals surface area contributed by atoms with E-state index in [1.807, 2.05) is 0 Å². The highest BCUT2D eigenvalue weighted by atomic mass is 16.6. The fraction of sp³-hybridized carbons (Fsp3) is 0.389. The first-order valence-corrected chi connectivity index (χ1v) is 15.5. The molecule has 3 aromatic carbocycles. The second-order valence-corrected chi connectivity index (χ2v) is 12.0. The van der Waals surface area contributed by atoms with Crippen LogP contribution in [-0.2, 0) is 16.0 Å². The van der Waals surface area contributed by atoms with Gasteiger partial charge in [-0.3, -0.25) is 9.59 Å². The highest BCUT2D eigenvalue weighted by molar-refractivity contribution is 5.98. The molecule has 3 rings (SSSR count). The van der Waals surface area contributed by atoms with Crippen molar-refractivity contribution in [2.24, 2.45) is 5.41 Å². The third-order valence-electron chi connectivity index (χ3n) is 7.17. The van der Waals surface area contributed by atoms with Crippen LogP contribution in [0.4, 0.5) is 5.69 Å². The Balaban J connectivity index is 1.59. The SMILES string of the molecule is CCCCCCCOc1ccc(C(=O)Oc2ccc(CC(NC(=O)c3ccc(NC(=O)C(C)(C)C)cc3)C(=O)O)cc2OC)cc1. The van der Waals surface area contributed by atoms with Gasteiger partial charge in [0.1, 0.15) is 11.8 Å². The van der Waals surface area contributed by atoms with Crippen LogP contribution < -0.4 is 24.8 Å². The maximum Gasteiger partial charge on any atom is 0.343 e. The van der Waals surface area contributed by atoms with Crippen LogP contribution >= 0.6 is 0 Å². The van der Waals surface area contributed by atoms with Crippen molar-refractivity contribution in [3.63, 3.8) is 0 Å². The smallest absolute Gasteiger partial charge is 0.343 e. The number of methoxy groups -OCH3 is 1. The van der Waals surface area contributed by atoms with Crippen LogP contribution in [-0.4, -0.2) is 48.6 Å². The number of hydrogen-bond donors (Lipinski definition) is 3. The molecule has 0 fully saturated rings. The number of carboxylic acids is 1. The lowest BCUT2D eigenvalue weighted by Crippen LogP contribution is -2.42. The number of anilines is 1. The third-order valence-corrected chi connectivity index (χ3v) is 7.17. The van der Waals surface area contributed by atoms with Gasteiger partial charge in [0.05, 0.1) is 19.3 Å². The summed E-state index contributed by atoms with van der Waals surface area (Å²) >= 11 is 0. The minimum atomic E-state index is -1.25. The Morgan fingerprint density at radius 3 is 2.09 bits per heavy atom. The molecule has 1 unspecified atom stereocenters. The van der Waals surface area contributed by atoms with E-state index in [1.54, 1.807) is 69.3 Å². The molecule has 0 saturated carbocycles. The number of ether oxygens (including phenoxy) is 3. The van der Waals surface area contributed by atoms with Gasteiger partial charge in [0.15, 0.2) is 11.5 Å². The van der Waals surface area contributed by atoms with Gasteiger partial charge in [0, 0.05) is 23.1 Å². The first-order chi connectivity index (χ1) is 21.9. The molecule has 10 heteroatoms. The molecule has 46 heavy (non-hydrogen) atoms. The van der Waals surface area contributed by atoms with E-state index in [4.69, 9.17) is 14.2 Å². The number of carbonyl (C=O) groups is 4. The van der Waals surface area contributed by atoms with Gasteiger partial charge in [-0.2, -0.15) is 0 Å². The molecule has 246 valence electrons. The number of benzene rings is 3. The molecule has 0 aliphatic heterocycles.